The smallest absolute Gasteiger partial charge is 0.0293 e. The molecule has 3 atom stereocenters. The molecule has 1 aliphatic carbocycles. The molecule has 0 bridgehead atoms. The van der Waals surface area contributed by atoms with Crippen molar-refractivity contribution in [2.45, 2.75) is 39.7 Å². The number of hydrogen-bond acceptors (Lipinski definition) is 2. The highest BCUT2D eigenvalue weighted by Gasteiger charge is 2.18. The Hall–Kier alpha value is -1.15. The van der Waals surface area contributed by atoms with E-state index in [1.807, 2.05) is 12.4 Å². The van der Waals surface area contributed by atoms with Crippen LogP contribution >= 0.6 is 0 Å². The average molecular weight is 244 g/mol. The molecule has 2 unspecified atom stereocenters. The molecular formula is C16H24N2. The van der Waals surface area contributed by atoms with Crippen molar-refractivity contribution in [1.82, 2.24) is 10.3 Å². The van der Waals surface area contributed by atoms with Crippen molar-refractivity contribution < 1.29 is 0 Å². The van der Waals surface area contributed by atoms with Gasteiger partial charge in [0.2, 0.25) is 0 Å². The minimum atomic E-state index is 0.412. The first-order valence-corrected chi connectivity index (χ1v) is 6.95. The minimum absolute atomic E-state index is 0.412. The van der Waals surface area contributed by atoms with Gasteiger partial charge in [0.1, 0.15) is 0 Å². The summed E-state index contributed by atoms with van der Waals surface area (Å²) in [6, 6.07) is 4.59. The van der Waals surface area contributed by atoms with Crippen LogP contribution in [0.4, 0.5) is 0 Å². The van der Waals surface area contributed by atoms with Crippen molar-refractivity contribution in [3.8, 4) is 0 Å². The van der Waals surface area contributed by atoms with Crippen molar-refractivity contribution in [2.24, 2.45) is 11.8 Å². The Morgan fingerprint density at radius 1 is 1.39 bits per heavy atom. The van der Waals surface area contributed by atoms with Crippen LogP contribution in [-0.2, 0) is 0 Å². The van der Waals surface area contributed by atoms with Gasteiger partial charge in [-0.25, -0.2) is 0 Å². The van der Waals surface area contributed by atoms with Crippen LogP contribution in [0.25, 0.3) is 0 Å². The Kier molecular flexibility index (Phi) is 4.54. The van der Waals surface area contributed by atoms with Gasteiger partial charge >= 0.3 is 0 Å². The summed E-state index contributed by atoms with van der Waals surface area (Å²) in [6.45, 7) is 7.92. The second-order valence-corrected chi connectivity index (χ2v) is 5.71. The molecular weight excluding hydrogens is 220 g/mol. The van der Waals surface area contributed by atoms with E-state index >= 15 is 0 Å². The molecule has 0 aromatic carbocycles. The van der Waals surface area contributed by atoms with Gasteiger partial charge in [0.05, 0.1) is 0 Å². The predicted molar refractivity (Wildman–Crippen MR) is 76.3 cm³/mol. The van der Waals surface area contributed by atoms with Crippen LogP contribution < -0.4 is 5.32 Å². The van der Waals surface area contributed by atoms with E-state index < -0.39 is 0 Å². The molecule has 98 valence electrons. The topological polar surface area (TPSA) is 24.9 Å². The quantitative estimate of drug-likeness (QED) is 0.816. The number of allylic oxidation sites excluding steroid dienone is 2. The summed E-state index contributed by atoms with van der Waals surface area (Å²) >= 11 is 0. The Morgan fingerprint density at radius 2 is 2.11 bits per heavy atom. The molecule has 1 aliphatic rings. The first kappa shape index (κ1) is 13.3. The van der Waals surface area contributed by atoms with E-state index in [1.54, 1.807) is 5.57 Å². The molecule has 0 fully saturated rings. The largest absolute Gasteiger partial charge is 0.310 e. The van der Waals surface area contributed by atoms with Gasteiger partial charge in [0, 0.05) is 18.4 Å². The summed E-state index contributed by atoms with van der Waals surface area (Å²) in [5.41, 5.74) is 2.87. The zero-order chi connectivity index (χ0) is 13.0. The molecule has 2 rings (SSSR count). The van der Waals surface area contributed by atoms with Crippen molar-refractivity contribution in [2.75, 3.05) is 6.54 Å². The minimum Gasteiger partial charge on any atom is -0.310 e. The van der Waals surface area contributed by atoms with Crippen molar-refractivity contribution in [3.05, 3.63) is 41.7 Å². The van der Waals surface area contributed by atoms with Crippen LogP contribution in [0.2, 0.25) is 0 Å². The summed E-state index contributed by atoms with van der Waals surface area (Å²) in [6.07, 6.45) is 8.71. The molecule has 0 amide bonds. The normalized spacial score (nSPS) is 25.6. The number of pyridine rings is 1. The standard InChI is InChI=1S/C16H24N2/c1-12-8-13(2)10-15(9-12)11-18-14(3)16-4-6-17-7-5-16/h4-8,12,14-15,18H,9-11H2,1-3H3/t12?,14-,15?/m0/s1. The third-order valence-electron chi connectivity index (χ3n) is 3.80. The average Bonchev–Trinajstić information content (AvgIpc) is 2.36. The SMILES string of the molecule is CC1=CC(C)CC(CN[C@@H](C)c2ccncc2)C1. The zero-order valence-electron chi connectivity index (χ0n) is 11.7. The second kappa shape index (κ2) is 6.14. The molecule has 1 aromatic rings. The first-order chi connectivity index (χ1) is 8.65. The molecule has 0 saturated carbocycles. The Labute approximate surface area is 111 Å². The monoisotopic (exact) mass is 244 g/mol. The summed E-state index contributed by atoms with van der Waals surface area (Å²) in [7, 11) is 0. The van der Waals surface area contributed by atoms with E-state index in [0.29, 0.717) is 6.04 Å². The van der Waals surface area contributed by atoms with E-state index in [4.69, 9.17) is 0 Å². The first-order valence-electron chi connectivity index (χ1n) is 6.95. The lowest BCUT2D eigenvalue weighted by Gasteiger charge is -2.27. The maximum Gasteiger partial charge on any atom is 0.0293 e. The fourth-order valence-electron chi connectivity index (χ4n) is 2.96. The Bertz CT molecular complexity index is 397. The lowest BCUT2D eigenvalue weighted by atomic mass is 9.83. The van der Waals surface area contributed by atoms with E-state index in [1.165, 1.54) is 18.4 Å². The molecule has 18 heavy (non-hydrogen) atoms. The van der Waals surface area contributed by atoms with E-state index in [2.05, 4.69) is 49.3 Å². The lowest BCUT2D eigenvalue weighted by molar-refractivity contribution is 0.366. The van der Waals surface area contributed by atoms with Gasteiger partial charge in [0.25, 0.3) is 0 Å². The Balaban J connectivity index is 1.83. The maximum atomic E-state index is 4.06. The predicted octanol–water partition coefficient (Wildman–Crippen LogP) is 3.72. The molecule has 1 N–H and O–H groups in total. The molecule has 0 saturated heterocycles. The van der Waals surface area contributed by atoms with Crippen LogP contribution in [0.15, 0.2) is 36.2 Å². The number of hydrogen-bond donors (Lipinski definition) is 1. The molecule has 1 heterocycles. The number of nitrogens with zero attached hydrogens (tertiary/aromatic N) is 1. The van der Waals surface area contributed by atoms with Gasteiger partial charge < -0.3 is 5.32 Å². The Morgan fingerprint density at radius 3 is 2.78 bits per heavy atom. The van der Waals surface area contributed by atoms with Crippen molar-refractivity contribution >= 4 is 0 Å². The van der Waals surface area contributed by atoms with Crippen LogP contribution in [0.3, 0.4) is 0 Å². The molecule has 2 heteroatoms. The fourth-order valence-corrected chi connectivity index (χ4v) is 2.96. The van der Waals surface area contributed by atoms with E-state index in [9.17, 15) is 0 Å². The fraction of sp³-hybridized carbons (Fsp3) is 0.562. The molecule has 0 radical (unpaired) electrons. The van der Waals surface area contributed by atoms with Crippen LogP contribution in [0, 0.1) is 11.8 Å². The summed E-state index contributed by atoms with van der Waals surface area (Å²) in [5.74, 6) is 1.52. The zero-order valence-corrected chi connectivity index (χ0v) is 11.7. The molecule has 1 aromatic heterocycles. The number of aromatic nitrogens is 1. The highest BCUT2D eigenvalue weighted by Crippen LogP contribution is 2.27. The maximum absolute atomic E-state index is 4.06. The van der Waals surface area contributed by atoms with Crippen LogP contribution in [-0.4, -0.2) is 11.5 Å². The third-order valence-corrected chi connectivity index (χ3v) is 3.80. The third kappa shape index (κ3) is 3.67. The van der Waals surface area contributed by atoms with Gasteiger partial charge in [-0.1, -0.05) is 18.6 Å². The van der Waals surface area contributed by atoms with E-state index in [0.717, 1.165) is 18.4 Å². The van der Waals surface area contributed by atoms with Gasteiger partial charge in [-0.2, -0.15) is 0 Å². The van der Waals surface area contributed by atoms with Crippen LogP contribution in [0.1, 0.15) is 45.2 Å². The van der Waals surface area contributed by atoms with Crippen molar-refractivity contribution in [3.63, 3.8) is 0 Å². The highest BCUT2D eigenvalue weighted by molar-refractivity contribution is 5.14. The van der Waals surface area contributed by atoms with E-state index in [-0.39, 0.29) is 0 Å². The van der Waals surface area contributed by atoms with Gasteiger partial charge in [-0.3, -0.25) is 4.98 Å². The molecule has 0 spiro atoms. The van der Waals surface area contributed by atoms with Crippen LogP contribution in [0.5, 0.6) is 0 Å². The second-order valence-electron chi connectivity index (χ2n) is 5.71. The summed E-state index contributed by atoms with van der Waals surface area (Å²) in [5, 5.41) is 3.65. The van der Waals surface area contributed by atoms with Crippen molar-refractivity contribution in [1.29, 1.82) is 0 Å². The summed E-state index contributed by atoms with van der Waals surface area (Å²) in [4.78, 5) is 4.06. The van der Waals surface area contributed by atoms with Gasteiger partial charge in [-0.05, 0) is 62.8 Å². The molecule has 0 aliphatic heterocycles. The lowest BCUT2D eigenvalue weighted by Crippen LogP contribution is -2.28. The van der Waals surface area contributed by atoms with Gasteiger partial charge in [-0.15, -0.1) is 0 Å². The summed E-state index contributed by atoms with van der Waals surface area (Å²) < 4.78 is 0. The number of rotatable bonds is 4. The molecule has 2 nitrogen and oxygen atoms in total. The highest BCUT2D eigenvalue weighted by atomic mass is 14.9. The van der Waals surface area contributed by atoms with Gasteiger partial charge in [0.15, 0.2) is 0 Å². The number of nitrogens with one attached hydrogen (secondary N) is 1.